The van der Waals surface area contributed by atoms with Crippen molar-refractivity contribution in [1.82, 2.24) is 9.78 Å². The summed E-state index contributed by atoms with van der Waals surface area (Å²) in [5, 5.41) is 14.0. The first-order valence-corrected chi connectivity index (χ1v) is 6.30. The second kappa shape index (κ2) is 3.59. The number of hydrogen-bond donors (Lipinski definition) is 1. The van der Waals surface area contributed by atoms with Crippen LogP contribution in [0, 0.1) is 17.3 Å². The third-order valence-electron chi connectivity index (χ3n) is 4.73. The molecule has 3 nitrogen and oxygen atoms in total. The molecular formula is C13H20N2O. The SMILES string of the molecule is Cn1cc(CC2(CO)CC3CCC2C3)cn1. The van der Waals surface area contributed by atoms with Crippen LogP contribution in [0.4, 0.5) is 0 Å². The van der Waals surface area contributed by atoms with Gasteiger partial charge in [-0.3, -0.25) is 4.68 Å². The molecule has 3 heteroatoms. The van der Waals surface area contributed by atoms with E-state index < -0.39 is 0 Å². The van der Waals surface area contributed by atoms with Crippen LogP contribution in [-0.4, -0.2) is 21.5 Å². The van der Waals surface area contributed by atoms with Crippen molar-refractivity contribution in [1.29, 1.82) is 0 Å². The number of rotatable bonds is 3. The number of aliphatic hydroxyl groups is 1. The Hall–Kier alpha value is -0.830. The highest BCUT2D eigenvalue weighted by Crippen LogP contribution is 2.56. The van der Waals surface area contributed by atoms with E-state index in [0.717, 1.165) is 18.3 Å². The van der Waals surface area contributed by atoms with E-state index in [1.165, 1.54) is 31.2 Å². The topological polar surface area (TPSA) is 38.0 Å². The van der Waals surface area contributed by atoms with Gasteiger partial charge in [-0.25, -0.2) is 0 Å². The maximum atomic E-state index is 9.78. The number of fused-ring (bicyclic) bond motifs is 2. The van der Waals surface area contributed by atoms with Gasteiger partial charge in [0.2, 0.25) is 0 Å². The number of aromatic nitrogens is 2. The lowest BCUT2D eigenvalue weighted by molar-refractivity contribution is 0.0651. The molecule has 0 aliphatic heterocycles. The zero-order chi connectivity index (χ0) is 11.2. The van der Waals surface area contributed by atoms with Crippen molar-refractivity contribution in [2.45, 2.75) is 32.1 Å². The van der Waals surface area contributed by atoms with Crippen molar-refractivity contribution < 1.29 is 5.11 Å². The zero-order valence-electron chi connectivity index (χ0n) is 9.89. The molecule has 0 amide bonds. The van der Waals surface area contributed by atoms with Gasteiger partial charge in [0.15, 0.2) is 0 Å². The maximum Gasteiger partial charge on any atom is 0.0521 e. The first-order valence-electron chi connectivity index (χ1n) is 6.30. The van der Waals surface area contributed by atoms with E-state index >= 15 is 0 Å². The van der Waals surface area contributed by atoms with Crippen LogP contribution in [-0.2, 0) is 13.5 Å². The minimum absolute atomic E-state index is 0.173. The van der Waals surface area contributed by atoms with Gasteiger partial charge in [-0.1, -0.05) is 6.42 Å². The third kappa shape index (κ3) is 1.49. The smallest absolute Gasteiger partial charge is 0.0521 e. The quantitative estimate of drug-likeness (QED) is 0.843. The molecule has 88 valence electrons. The fourth-order valence-electron chi connectivity index (χ4n) is 3.99. The van der Waals surface area contributed by atoms with Gasteiger partial charge in [0.1, 0.15) is 0 Å². The molecule has 0 aromatic carbocycles. The minimum Gasteiger partial charge on any atom is -0.396 e. The van der Waals surface area contributed by atoms with Gasteiger partial charge in [-0.05, 0) is 43.1 Å². The molecule has 1 aromatic rings. The summed E-state index contributed by atoms with van der Waals surface area (Å²) in [6.07, 6.45) is 10.3. The standard InChI is InChI=1S/C13H20N2O/c1-15-8-11(7-14-15)6-13(9-16)5-10-2-3-12(13)4-10/h7-8,10,12,16H,2-6,9H2,1H3. The predicted molar refractivity (Wildman–Crippen MR) is 61.9 cm³/mol. The molecule has 2 aliphatic rings. The monoisotopic (exact) mass is 220 g/mol. The first-order chi connectivity index (χ1) is 7.72. The maximum absolute atomic E-state index is 9.78. The Bertz CT molecular complexity index is 387. The summed E-state index contributed by atoms with van der Waals surface area (Å²) < 4.78 is 1.85. The van der Waals surface area contributed by atoms with E-state index in [4.69, 9.17) is 0 Å². The Kier molecular flexibility index (Phi) is 2.32. The summed E-state index contributed by atoms with van der Waals surface area (Å²) >= 11 is 0. The van der Waals surface area contributed by atoms with Crippen LogP contribution in [0.2, 0.25) is 0 Å². The number of hydrogen-bond acceptors (Lipinski definition) is 2. The zero-order valence-corrected chi connectivity index (χ0v) is 9.89. The summed E-state index contributed by atoms with van der Waals surface area (Å²) in [4.78, 5) is 0. The molecule has 3 atom stereocenters. The van der Waals surface area contributed by atoms with Crippen molar-refractivity contribution in [2.75, 3.05) is 6.61 Å². The molecule has 3 rings (SSSR count). The first kappa shape index (κ1) is 10.3. The van der Waals surface area contributed by atoms with Crippen LogP contribution in [0.5, 0.6) is 0 Å². The van der Waals surface area contributed by atoms with E-state index in [2.05, 4.69) is 11.3 Å². The Morgan fingerprint density at radius 2 is 2.44 bits per heavy atom. The molecule has 2 fully saturated rings. The van der Waals surface area contributed by atoms with Crippen LogP contribution in [0.15, 0.2) is 12.4 Å². The van der Waals surface area contributed by atoms with Crippen molar-refractivity contribution in [3.05, 3.63) is 18.0 Å². The van der Waals surface area contributed by atoms with Crippen LogP contribution in [0.25, 0.3) is 0 Å². The molecule has 1 aromatic heterocycles. The Labute approximate surface area is 96.5 Å². The Morgan fingerprint density at radius 3 is 2.94 bits per heavy atom. The molecule has 3 unspecified atom stereocenters. The molecule has 2 bridgehead atoms. The van der Waals surface area contributed by atoms with Gasteiger partial charge >= 0.3 is 0 Å². The van der Waals surface area contributed by atoms with Gasteiger partial charge in [-0.2, -0.15) is 5.10 Å². The number of aryl methyl sites for hydroxylation is 1. The van der Waals surface area contributed by atoms with Gasteiger partial charge in [0.25, 0.3) is 0 Å². The molecule has 1 heterocycles. The summed E-state index contributed by atoms with van der Waals surface area (Å²) in [7, 11) is 1.95. The Balaban J connectivity index is 1.81. The van der Waals surface area contributed by atoms with E-state index in [1.807, 2.05) is 17.9 Å². The minimum atomic E-state index is 0.173. The largest absolute Gasteiger partial charge is 0.396 e. The highest BCUT2D eigenvalue weighted by Gasteiger charge is 2.50. The van der Waals surface area contributed by atoms with Gasteiger partial charge in [0, 0.05) is 25.3 Å². The molecule has 2 aliphatic carbocycles. The lowest BCUT2D eigenvalue weighted by atomic mass is 9.70. The summed E-state index contributed by atoms with van der Waals surface area (Å²) in [6.45, 7) is 0.350. The molecule has 0 spiro atoms. The molecule has 16 heavy (non-hydrogen) atoms. The van der Waals surface area contributed by atoms with E-state index in [0.29, 0.717) is 6.61 Å². The highest BCUT2D eigenvalue weighted by molar-refractivity contribution is 5.12. The van der Waals surface area contributed by atoms with Crippen LogP contribution in [0.3, 0.4) is 0 Å². The molecule has 2 saturated carbocycles. The third-order valence-corrected chi connectivity index (χ3v) is 4.73. The summed E-state index contributed by atoms with van der Waals surface area (Å²) in [5.74, 6) is 1.64. The van der Waals surface area contributed by atoms with Crippen molar-refractivity contribution in [3.63, 3.8) is 0 Å². The van der Waals surface area contributed by atoms with E-state index in [1.54, 1.807) is 0 Å². The van der Waals surface area contributed by atoms with Crippen LogP contribution >= 0.6 is 0 Å². The predicted octanol–water partition coefficient (Wildman–Crippen LogP) is 1.76. The highest BCUT2D eigenvalue weighted by atomic mass is 16.3. The summed E-state index contributed by atoms with van der Waals surface area (Å²) in [6, 6.07) is 0. The van der Waals surface area contributed by atoms with Gasteiger partial charge in [0.05, 0.1) is 6.20 Å². The van der Waals surface area contributed by atoms with Crippen LogP contribution < -0.4 is 0 Å². The molecule has 0 radical (unpaired) electrons. The van der Waals surface area contributed by atoms with Gasteiger partial charge < -0.3 is 5.11 Å². The average Bonchev–Trinajstić information content (AvgIpc) is 2.94. The fourth-order valence-corrected chi connectivity index (χ4v) is 3.99. The summed E-state index contributed by atoms with van der Waals surface area (Å²) in [5.41, 5.74) is 1.45. The van der Waals surface area contributed by atoms with Gasteiger partial charge in [-0.15, -0.1) is 0 Å². The second-order valence-electron chi connectivity index (χ2n) is 5.80. The Morgan fingerprint density at radius 1 is 1.56 bits per heavy atom. The van der Waals surface area contributed by atoms with Crippen molar-refractivity contribution in [2.24, 2.45) is 24.3 Å². The second-order valence-corrected chi connectivity index (χ2v) is 5.80. The molecular weight excluding hydrogens is 200 g/mol. The van der Waals surface area contributed by atoms with Crippen molar-refractivity contribution >= 4 is 0 Å². The van der Waals surface area contributed by atoms with E-state index in [9.17, 15) is 5.11 Å². The van der Waals surface area contributed by atoms with Crippen LogP contribution in [0.1, 0.15) is 31.2 Å². The van der Waals surface area contributed by atoms with E-state index in [-0.39, 0.29) is 5.41 Å². The average molecular weight is 220 g/mol. The number of aliphatic hydroxyl groups excluding tert-OH is 1. The fraction of sp³-hybridized carbons (Fsp3) is 0.769. The lowest BCUT2D eigenvalue weighted by Crippen LogP contribution is -2.34. The molecule has 1 N–H and O–H groups in total. The lowest BCUT2D eigenvalue weighted by Gasteiger charge is -2.35. The number of nitrogens with zero attached hydrogens (tertiary/aromatic N) is 2. The molecule has 0 saturated heterocycles. The van der Waals surface area contributed by atoms with Crippen molar-refractivity contribution in [3.8, 4) is 0 Å². The normalized spacial score (nSPS) is 37.1.